The Morgan fingerprint density at radius 3 is 1.28 bits per heavy atom. The fourth-order valence-corrected chi connectivity index (χ4v) is 6.05. The topological polar surface area (TPSA) is 86.6 Å². The molecule has 7 heteroatoms. The van der Waals surface area contributed by atoms with E-state index in [1.165, 1.54) is 0 Å². The predicted octanol–water partition coefficient (Wildman–Crippen LogP) is 7.38. The smallest absolute Gasteiger partial charge is 0.164 e. The van der Waals surface area contributed by atoms with Gasteiger partial charge in [-0.15, -0.1) is 0 Å². The van der Waals surface area contributed by atoms with Crippen LogP contribution in [0.25, 0.3) is 32.7 Å². The summed E-state index contributed by atoms with van der Waals surface area (Å²) >= 11 is 0. The molecule has 0 saturated heterocycles. The third-order valence-electron chi connectivity index (χ3n) is 7.68. The largest absolute Gasteiger partial charge is 0.507 e. The molecule has 0 saturated carbocycles. The molecule has 0 spiro atoms. The van der Waals surface area contributed by atoms with Crippen molar-refractivity contribution in [1.82, 2.24) is 0 Å². The van der Waals surface area contributed by atoms with E-state index in [9.17, 15) is 10.2 Å². The Hall–Kier alpha value is -3.84. The van der Waals surface area contributed by atoms with E-state index in [1.54, 1.807) is 40.6 Å². The number of hydrogen-bond donors (Lipinski definition) is 2. The SMILES string of the molecule is COc1cc2c(O)c3c(cc2c(C(C)C)c1OC)COCc1cc2c(C(C)C)c(OC)c(OC)cc2c(O)c1-3. The third-order valence-corrected chi connectivity index (χ3v) is 7.68. The highest BCUT2D eigenvalue weighted by molar-refractivity contribution is 6.06. The zero-order chi connectivity index (χ0) is 28.2. The van der Waals surface area contributed by atoms with Crippen LogP contribution in [-0.2, 0) is 18.0 Å². The molecule has 206 valence electrons. The first kappa shape index (κ1) is 26.8. The van der Waals surface area contributed by atoms with Gasteiger partial charge in [0.15, 0.2) is 23.0 Å². The molecular weight excluding hydrogens is 496 g/mol. The normalized spacial score (nSPS) is 13.0. The first-order valence-corrected chi connectivity index (χ1v) is 13.1. The van der Waals surface area contributed by atoms with Gasteiger partial charge in [0, 0.05) is 33.0 Å². The van der Waals surface area contributed by atoms with Crippen molar-refractivity contribution >= 4 is 21.5 Å². The van der Waals surface area contributed by atoms with Crippen LogP contribution in [0.5, 0.6) is 34.5 Å². The van der Waals surface area contributed by atoms with Crippen molar-refractivity contribution in [3.05, 3.63) is 46.5 Å². The molecule has 0 aromatic heterocycles. The van der Waals surface area contributed by atoms with Crippen molar-refractivity contribution in [3.63, 3.8) is 0 Å². The van der Waals surface area contributed by atoms with Crippen LogP contribution in [0.4, 0.5) is 0 Å². The van der Waals surface area contributed by atoms with E-state index in [2.05, 4.69) is 27.7 Å². The maximum atomic E-state index is 11.9. The summed E-state index contributed by atoms with van der Waals surface area (Å²) < 4.78 is 28.9. The summed E-state index contributed by atoms with van der Waals surface area (Å²) in [6.07, 6.45) is 0. The monoisotopic (exact) mass is 532 g/mol. The fourth-order valence-electron chi connectivity index (χ4n) is 6.05. The lowest BCUT2D eigenvalue weighted by Crippen LogP contribution is -2.02. The number of phenolic OH excluding ortho intramolecular Hbond substituents is 2. The molecule has 0 radical (unpaired) electrons. The van der Waals surface area contributed by atoms with E-state index < -0.39 is 0 Å². The summed E-state index contributed by atoms with van der Waals surface area (Å²) in [6.45, 7) is 8.88. The van der Waals surface area contributed by atoms with Crippen LogP contribution in [0.2, 0.25) is 0 Å². The Balaban J connectivity index is 1.93. The molecule has 4 aromatic rings. The highest BCUT2D eigenvalue weighted by Gasteiger charge is 2.30. The number of rotatable bonds is 6. The number of fused-ring (bicyclic) bond motifs is 5. The third kappa shape index (κ3) is 3.98. The highest BCUT2D eigenvalue weighted by atomic mass is 16.5. The Morgan fingerprint density at radius 2 is 0.974 bits per heavy atom. The molecule has 2 N–H and O–H groups in total. The van der Waals surface area contributed by atoms with E-state index in [4.69, 9.17) is 23.7 Å². The van der Waals surface area contributed by atoms with Crippen molar-refractivity contribution in [2.75, 3.05) is 28.4 Å². The zero-order valence-corrected chi connectivity index (χ0v) is 23.8. The maximum absolute atomic E-state index is 11.9. The predicted molar refractivity (Wildman–Crippen MR) is 153 cm³/mol. The van der Waals surface area contributed by atoms with Gasteiger partial charge < -0.3 is 33.9 Å². The molecule has 5 rings (SSSR count). The van der Waals surface area contributed by atoms with Crippen molar-refractivity contribution in [3.8, 4) is 45.6 Å². The molecule has 1 aliphatic heterocycles. The second-order valence-corrected chi connectivity index (χ2v) is 10.6. The molecule has 0 aliphatic carbocycles. The molecule has 1 aliphatic rings. The molecule has 0 unspecified atom stereocenters. The molecule has 0 fully saturated rings. The summed E-state index contributed by atoms with van der Waals surface area (Å²) in [4.78, 5) is 0. The van der Waals surface area contributed by atoms with E-state index in [0.29, 0.717) is 44.9 Å². The molecule has 4 aromatic carbocycles. The summed E-state index contributed by atoms with van der Waals surface area (Å²) in [5.41, 5.74) is 4.56. The maximum Gasteiger partial charge on any atom is 0.164 e. The minimum atomic E-state index is 0.0660. The standard InChI is InChI=1S/C32H36O7/c1-15(2)25-19-9-17-13-39-14-18-10-20-22(12-24(36-6)32(38-8)26(20)16(3)4)30(34)28(18)27(17)29(33)21(19)11-23(35-5)31(25)37-7/h9-12,15-16,33-34H,13-14H2,1-8H3. The van der Waals surface area contributed by atoms with Gasteiger partial charge in [-0.3, -0.25) is 0 Å². The van der Waals surface area contributed by atoms with Gasteiger partial charge >= 0.3 is 0 Å². The van der Waals surface area contributed by atoms with Gasteiger partial charge in [-0.05, 0) is 58.0 Å². The molecule has 0 amide bonds. The van der Waals surface area contributed by atoms with E-state index in [-0.39, 0.29) is 36.5 Å². The van der Waals surface area contributed by atoms with E-state index in [1.807, 2.05) is 12.1 Å². The Morgan fingerprint density at radius 1 is 0.590 bits per heavy atom. The summed E-state index contributed by atoms with van der Waals surface area (Å²) in [6, 6.07) is 7.66. The average Bonchev–Trinajstić information content (AvgIpc) is 3.10. The lowest BCUT2D eigenvalue weighted by Gasteiger charge is -2.23. The van der Waals surface area contributed by atoms with Crippen molar-refractivity contribution in [2.45, 2.75) is 52.7 Å². The molecular formula is C32H36O7. The summed E-state index contributed by atoms with van der Waals surface area (Å²) in [5.74, 6) is 2.69. The highest BCUT2D eigenvalue weighted by Crippen LogP contribution is 2.54. The van der Waals surface area contributed by atoms with Crippen molar-refractivity contribution < 1.29 is 33.9 Å². The average molecular weight is 533 g/mol. The minimum absolute atomic E-state index is 0.0660. The van der Waals surface area contributed by atoms with Gasteiger partial charge in [-0.2, -0.15) is 0 Å². The second-order valence-electron chi connectivity index (χ2n) is 10.6. The molecule has 1 heterocycles. The summed E-state index contributed by atoms with van der Waals surface area (Å²) in [7, 11) is 6.42. The van der Waals surface area contributed by atoms with E-state index >= 15 is 0 Å². The number of aromatic hydroxyl groups is 2. The van der Waals surface area contributed by atoms with Crippen LogP contribution in [0.3, 0.4) is 0 Å². The van der Waals surface area contributed by atoms with Gasteiger partial charge in [0.2, 0.25) is 0 Å². The van der Waals surface area contributed by atoms with Crippen molar-refractivity contribution in [1.29, 1.82) is 0 Å². The lowest BCUT2D eigenvalue weighted by molar-refractivity contribution is 0.110. The quantitative estimate of drug-likeness (QED) is 0.268. The lowest BCUT2D eigenvalue weighted by atomic mass is 9.85. The van der Waals surface area contributed by atoms with Crippen LogP contribution in [0, 0.1) is 0 Å². The van der Waals surface area contributed by atoms with Crippen LogP contribution in [0.1, 0.15) is 61.8 Å². The first-order valence-electron chi connectivity index (χ1n) is 13.1. The van der Waals surface area contributed by atoms with Crippen LogP contribution >= 0.6 is 0 Å². The van der Waals surface area contributed by atoms with Gasteiger partial charge in [0.1, 0.15) is 11.5 Å². The number of ether oxygens (including phenoxy) is 5. The van der Waals surface area contributed by atoms with Gasteiger partial charge in [0.25, 0.3) is 0 Å². The Kier molecular flexibility index (Phi) is 6.89. The number of phenols is 2. The first-order chi connectivity index (χ1) is 18.7. The van der Waals surface area contributed by atoms with Crippen LogP contribution in [0.15, 0.2) is 24.3 Å². The molecule has 0 atom stereocenters. The van der Waals surface area contributed by atoms with Gasteiger partial charge in [0.05, 0.1) is 41.7 Å². The van der Waals surface area contributed by atoms with Crippen LogP contribution in [-0.4, -0.2) is 38.7 Å². The van der Waals surface area contributed by atoms with E-state index in [0.717, 1.165) is 33.0 Å². The van der Waals surface area contributed by atoms with Crippen molar-refractivity contribution in [2.24, 2.45) is 0 Å². The molecule has 7 nitrogen and oxygen atoms in total. The molecule has 0 bridgehead atoms. The van der Waals surface area contributed by atoms with Crippen LogP contribution < -0.4 is 18.9 Å². The Bertz CT molecular complexity index is 1480. The summed E-state index contributed by atoms with van der Waals surface area (Å²) in [5, 5.41) is 26.7. The molecule has 39 heavy (non-hydrogen) atoms. The zero-order valence-electron chi connectivity index (χ0n) is 23.8. The number of methoxy groups -OCH3 is 4. The van der Waals surface area contributed by atoms with Gasteiger partial charge in [-0.25, -0.2) is 0 Å². The number of hydrogen-bond acceptors (Lipinski definition) is 7. The fraction of sp³-hybridized carbons (Fsp3) is 0.375. The number of benzene rings is 4. The second kappa shape index (κ2) is 10.0. The van der Waals surface area contributed by atoms with Gasteiger partial charge in [-0.1, -0.05) is 27.7 Å². The Labute approximate surface area is 228 Å². The minimum Gasteiger partial charge on any atom is -0.507 e.